The molecule has 0 spiro atoms. The number of methoxy groups -OCH3 is 1. The molecule has 0 aliphatic heterocycles. The number of carbonyl (C=O) groups is 1. The minimum atomic E-state index is -0.848. The smallest absolute Gasteiger partial charge is 0.333 e. The van der Waals surface area contributed by atoms with E-state index < -0.39 is 5.54 Å². The van der Waals surface area contributed by atoms with Gasteiger partial charge in [0.1, 0.15) is 0 Å². The minimum absolute atomic E-state index is 0.0164. The molecule has 0 bridgehead atoms. The average Bonchev–Trinajstić information content (AvgIpc) is 2.96. The van der Waals surface area contributed by atoms with Crippen LogP contribution in [-0.4, -0.2) is 35.4 Å². The first kappa shape index (κ1) is 20.7. The molecule has 0 saturated heterocycles. The van der Waals surface area contributed by atoms with Crippen molar-refractivity contribution in [1.82, 2.24) is 9.78 Å². The van der Waals surface area contributed by atoms with Crippen LogP contribution in [0.5, 0.6) is 0 Å². The predicted octanol–water partition coefficient (Wildman–Crippen LogP) is 3.10. The third kappa shape index (κ3) is 3.85. The molecule has 0 aliphatic rings. The maximum absolute atomic E-state index is 11.9. The van der Waals surface area contributed by atoms with Crippen LogP contribution in [0.15, 0.2) is 12.4 Å². The third-order valence-electron chi connectivity index (χ3n) is 5.80. The summed E-state index contributed by atoms with van der Waals surface area (Å²) in [5.74, 6) is 0.160. The first-order valence-electron chi connectivity index (χ1n) is 8.58. The van der Waals surface area contributed by atoms with E-state index in [0.29, 0.717) is 5.92 Å². The van der Waals surface area contributed by atoms with Crippen LogP contribution < -0.4 is 5.46 Å². The topological polar surface area (TPSA) is 53.4 Å². The van der Waals surface area contributed by atoms with E-state index in [2.05, 4.69) is 46.6 Å². The van der Waals surface area contributed by atoms with E-state index in [1.165, 1.54) is 7.11 Å². The van der Waals surface area contributed by atoms with E-state index in [1.807, 2.05) is 13.0 Å². The SMILES string of the molecule is COC(=O)C(C)(C)n1cc(B(C)OC(C)(C)C(C)(C)C(C)C)cn1. The lowest BCUT2D eigenvalue weighted by atomic mass is 9.61. The van der Waals surface area contributed by atoms with E-state index in [-0.39, 0.29) is 23.9 Å². The van der Waals surface area contributed by atoms with Crippen molar-refractivity contribution in [1.29, 1.82) is 0 Å². The van der Waals surface area contributed by atoms with Crippen LogP contribution in [0.1, 0.15) is 55.4 Å². The average molecular weight is 336 g/mol. The largest absolute Gasteiger partial charge is 0.467 e. The van der Waals surface area contributed by atoms with Gasteiger partial charge in [0.2, 0.25) is 0 Å². The zero-order chi connectivity index (χ0) is 18.9. The van der Waals surface area contributed by atoms with Crippen LogP contribution in [0.2, 0.25) is 6.82 Å². The quantitative estimate of drug-likeness (QED) is 0.567. The third-order valence-corrected chi connectivity index (χ3v) is 5.80. The van der Waals surface area contributed by atoms with Crippen LogP contribution in [0.25, 0.3) is 0 Å². The molecule has 1 rings (SSSR count). The lowest BCUT2D eigenvalue weighted by molar-refractivity contribution is -0.150. The van der Waals surface area contributed by atoms with Gasteiger partial charge < -0.3 is 9.39 Å². The molecule has 0 N–H and O–H groups in total. The predicted molar refractivity (Wildman–Crippen MR) is 98.6 cm³/mol. The molecule has 0 atom stereocenters. The molecular formula is C18H33BN2O3. The summed E-state index contributed by atoms with van der Waals surface area (Å²) in [6.07, 6.45) is 3.62. The molecule has 1 heterocycles. The fraction of sp³-hybridized carbons (Fsp3) is 0.778. The first-order chi connectivity index (χ1) is 10.8. The van der Waals surface area contributed by atoms with Crippen molar-refractivity contribution in [3.8, 4) is 0 Å². The van der Waals surface area contributed by atoms with Crippen molar-refractivity contribution in [2.75, 3.05) is 7.11 Å². The van der Waals surface area contributed by atoms with Crippen LogP contribution in [-0.2, 0) is 19.7 Å². The molecule has 0 aliphatic carbocycles. The number of rotatable bonds is 7. The van der Waals surface area contributed by atoms with Crippen LogP contribution in [0.3, 0.4) is 0 Å². The fourth-order valence-electron chi connectivity index (χ4n) is 2.55. The summed E-state index contributed by atoms with van der Waals surface area (Å²) >= 11 is 0. The van der Waals surface area contributed by atoms with Crippen LogP contribution in [0.4, 0.5) is 0 Å². The summed E-state index contributed by atoms with van der Waals surface area (Å²) in [7, 11) is 1.39. The second-order valence-electron chi connectivity index (χ2n) is 8.42. The Morgan fingerprint density at radius 1 is 1.21 bits per heavy atom. The van der Waals surface area contributed by atoms with Crippen molar-refractivity contribution in [3.63, 3.8) is 0 Å². The van der Waals surface area contributed by atoms with Crippen LogP contribution in [0, 0.1) is 11.3 Å². The lowest BCUT2D eigenvalue weighted by Crippen LogP contribution is -2.50. The molecule has 0 aromatic carbocycles. The summed E-state index contributed by atoms with van der Waals surface area (Å²) in [5, 5.41) is 4.34. The van der Waals surface area contributed by atoms with E-state index in [9.17, 15) is 4.79 Å². The van der Waals surface area contributed by atoms with Crippen LogP contribution >= 0.6 is 0 Å². The maximum Gasteiger partial charge on any atom is 0.333 e. The zero-order valence-corrected chi connectivity index (χ0v) is 16.9. The number of carbonyl (C=O) groups excluding carboxylic acids is 1. The van der Waals surface area contributed by atoms with E-state index in [1.54, 1.807) is 24.7 Å². The maximum atomic E-state index is 11.9. The Kier molecular flexibility index (Phi) is 5.97. The number of ether oxygens (including phenoxy) is 1. The van der Waals surface area contributed by atoms with Gasteiger partial charge in [0.05, 0.1) is 12.7 Å². The highest BCUT2D eigenvalue weighted by Gasteiger charge is 2.42. The van der Waals surface area contributed by atoms with Gasteiger partial charge in [0, 0.05) is 12.4 Å². The highest BCUT2D eigenvalue weighted by molar-refractivity contribution is 6.66. The fourth-order valence-corrected chi connectivity index (χ4v) is 2.55. The van der Waals surface area contributed by atoms with Gasteiger partial charge in [0.15, 0.2) is 5.54 Å². The summed E-state index contributed by atoms with van der Waals surface area (Å²) in [6.45, 7) is 18.6. The number of nitrogens with zero attached hydrogens (tertiary/aromatic N) is 2. The highest BCUT2D eigenvalue weighted by atomic mass is 16.5. The molecular weight excluding hydrogens is 303 g/mol. The normalized spacial score (nSPS) is 13.3. The van der Waals surface area contributed by atoms with E-state index in [4.69, 9.17) is 9.39 Å². The van der Waals surface area contributed by atoms with E-state index >= 15 is 0 Å². The molecule has 136 valence electrons. The Labute approximate surface area is 147 Å². The Balaban J connectivity index is 2.99. The number of hydrogen-bond acceptors (Lipinski definition) is 4. The van der Waals surface area contributed by atoms with Crippen molar-refractivity contribution >= 4 is 18.3 Å². The molecule has 6 heteroatoms. The van der Waals surface area contributed by atoms with E-state index in [0.717, 1.165) is 5.46 Å². The highest BCUT2D eigenvalue weighted by Crippen LogP contribution is 2.40. The van der Waals surface area contributed by atoms with Crippen molar-refractivity contribution in [2.45, 2.75) is 73.4 Å². The van der Waals surface area contributed by atoms with Gasteiger partial charge in [-0.3, -0.25) is 4.68 Å². The second kappa shape index (κ2) is 6.91. The Morgan fingerprint density at radius 2 is 1.75 bits per heavy atom. The van der Waals surface area contributed by atoms with Gasteiger partial charge in [-0.15, -0.1) is 0 Å². The molecule has 1 aromatic heterocycles. The van der Waals surface area contributed by atoms with Gasteiger partial charge >= 0.3 is 12.9 Å². The van der Waals surface area contributed by atoms with Crippen molar-refractivity contribution in [2.24, 2.45) is 11.3 Å². The Morgan fingerprint density at radius 3 is 2.21 bits per heavy atom. The Bertz CT molecular complexity index is 577. The molecule has 0 unspecified atom stereocenters. The first-order valence-corrected chi connectivity index (χ1v) is 8.58. The molecule has 24 heavy (non-hydrogen) atoms. The summed E-state index contributed by atoms with van der Waals surface area (Å²) < 4.78 is 12.9. The zero-order valence-electron chi connectivity index (χ0n) is 16.9. The molecule has 1 aromatic rings. The monoisotopic (exact) mass is 336 g/mol. The lowest BCUT2D eigenvalue weighted by Gasteiger charge is -2.46. The molecule has 0 saturated carbocycles. The number of hydrogen-bond donors (Lipinski definition) is 0. The van der Waals surface area contributed by atoms with Gasteiger partial charge in [-0.25, -0.2) is 4.79 Å². The standard InChI is InChI=1S/C18H33BN2O3/c1-13(2)16(3,4)18(7,8)24-19(9)14-11-20-21(12-14)17(5,6)15(22)23-10/h11-13H,1-10H3. The van der Waals surface area contributed by atoms with Gasteiger partial charge in [-0.1, -0.05) is 34.5 Å². The van der Waals surface area contributed by atoms with Gasteiger partial charge in [-0.2, -0.15) is 5.10 Å². The molecule has 0 amide bonds. The summed E-state index contributed by atoms with van der Waals surface area (Å²) in [5.41, 5.74) is -0.192. The van der Waals surface area contributed by atoms with Gasteiger partial charge in [0.25, 0.3) is 0 Å². The summed E-state index contributed by atoms with van der Waals surface area (Å²) in [6, 6.07) is 0. The molecule has 0 radical (unpaired) electrons. The second-order valence-corrected chi connectivity index (χ2v) is 8.42. The van der Waals surface area contributed by atoms with Crippen molar-refractivity contribution in [3.05, 3.63) is 12.4 Å². The number of esters is 1. The summed E-state index contributed by atoms with van der Waals surface area (Å²) in [4.78, 5) is 11.9. The molecule has 0 fully saturated rings. The molecule has 5 nitrogen and oxygen atoms in total. The van der Waals surface area contributed by atoms with Crippen molar-refractivity contribution < 1.29 is 14.2 Å². The van der Waals surface area contributed by atoms with Gasteiger partial charge in [-0.05, 0) is 44.5 Å². The number of aromatic nitrogens is 2. The minimum Gasteiger partial charge on any atom is -0.467 e. The Hall–Kier alpha value is -1.30.